The Labute approximate surface area is 151 Å². The first kappa shape index (κ1) is 15.3. The zero-order chi connectivity index (χ0) is 18.1. The molecule has 0 saturated heterocycles. The first-order valence-corrected chi connectivity index (χ1v) is 8.91. The molecule has 0 fully saturated rings. The van der Waals surface area contributed by atoms with E-state index < -0.39 is 5.60 Å². The molecule has 0 spiro atoms. The maximum atomic E-state index is 12.8. The molecule has 4 heteroatoms. The highest BCUT2D eigenvalue weighted by Crippen LogP contribution is 2.41. The van der Waals surface area contributed by atoms with Crippen molar-refractivity contribution >= 4 is 27.9 Å². The summed E-state index contributed by atoms with van der Waals surface area (Å²) in [6.45, 7) is 6.03. The van der Waals surface area contributed by atoms with Crippen LogP contribution in [0.15, 0.2) is 54.7 Å². The van der Waals surface area contributed by atoms with Gasteiger partial charge in [0, 0.05) is 39.7 Å². The molecule has 5 rings (SSSR count). The SMILES string of the molecule is CC(c1c[nH]c2ccccc12)c1cc2cccc3c2n1C(=O)OC3(C)C. The van der Waals surface area contributed by atoms with Crippen molar-refractivity contribution in [3.63, 3.8) is 0 Å². The number of fused-ring (bicyclic) bond motifs is 1. The number of benzene rings is 2. The van der Waals surface area contributed by atoms with E-state index >= 15 is 0 Å². The summed E-state index contributed by atoms with van der Waals surface area (Å²) in [5.74, 6) is 0.0557. The Kier molecular flexibility index (Phi) is 2.94. The van der Waals surface area contributed by atoms with Gasteiger partial charge in [-0.15, -0.1) is 0 Å². The van der Waals surface area contributed by atoms with Crippen LogP contribution in [0.1, 0.15) is 43.5 Å². The van der Waals surface area contributed by atoms with Gasteiger partial charge in [0.05, 0.1) is 5.52 Å². The van der Waals surface area contributed by atoms with Crippen LogP contribution in [0.5, 0.6) is 0 Å². The van der Waals surface area contributed by atoms with Gasteiger partial charge in [0.2, 0.25) is 0 Å². The topological polar surface area (TPSA) is 47.0 Å². The van der Waals surface area contributed by atoms with Gasteiger partial charge in [0.15, 0.2) is 0 Å². The zero-order valence-corrected chi connectivity index (χ0v) is 15.0. The van der Waals surface area contributed by atoms with Gasteiger partial charge in [-0.05, 0) is 31.5 Å². The molecule has 1 N–H and O–H groups in total. The molecule has 0 saturated carbocycles. The number of H-pyrrole nitrogens is 1. The minimum absolute atomic E-state index is 0.0557. The second-order valence-corrected chi connectivity index (χ2v) is 7.54. The zero-order valence-electron chi connectivity index (χ0n) is 15.0. The van der Waals surface area contributed by atoms with Crippen LogP contribution in [0.3, 0.4) is 0 Å². The van der Waals surface area contributed by atoms with Crippen molar-refractivity contribution in [1.29, 1.82) is 0 Å². The van der Waals surface area contributed by atoms with Gasteiger partial charge in [-0.1, -0.05) is 43.3 Å². The number of aromatic amines is 1. The van der Waals surface area contributed by atoms with E-state index in [4.69, 9.17) is 4.74 Å². The van der Waals surface area contributed by atoms with Crippen LogP contribution in [0.2, 0.25) is 0 Å². The summed E-state index contributed by atoms with van der Waals surface area (Å²) in [5, 5.41) is 2.26. The van der Waals surface area contributed by atoms with Gasteiger partial charge in [-0.25, -0.2) is 9.36 Å². The predicted molar refractivity (Wildman–Crippen MR) is 103 cm³/mol. The van der Waals surface area contributed by atoms with Crippen molar-refractivity contribution in [2.24, 2.45) is 0 Å². The molecule has 0 radical (unpaired) electrons. The molecule has 4 nitrogen and oxygen atoms in total. The number of hydrogen-bond acceptors (Lipinski definition) is 2. The highest BCUT2D eigenvalue weighted by molar-refractivity contribution is 5.96. The van der Waals surface area contributed by atoms with E-state index in [1.807, 2.05) is 44.3 Å². The average molecular weight is 344 g/mol. The standard InChI is InChI=1S/C22H20N2O2/c1-13(16-12-23-18-10-5-4-8-15(16)18)19-11-14-7-6-9-17-20(14)24(19)21(25)26-22(17,2)3/h4-13,23H,1-3H3. The van der Waals surface area contributed by atoms with Crippen molar-refractivity contribution in [2.75, 3.05) is 0 Å². The fourth-order valence-corrected chi connectivity index (χ4v) is 4.21. The number of hydrogen-bond donors (Lipinski definition) is 1. The summed E-state index contributed by atoms with van der Waals surface area (Å²) in [6, 6.07) is 16.5. The molecule has 0 bridgehead atoms. The molecule has 26 heavy (non-hydrogen) atoms. The van der Waals surface area contributed by atoms with Crippen molar-refractivity contribution in [2.45, 2.75) is 32.3 Å². The number of carbonyl (C=O) groups excluding carboxylic acids is 1. The lowest BCUT2D eigenvalue weighted by molar-refractivity contribution is 0.0326. The van der Waals surface area contributed by atoms with Crippen LogP contribution in [-0.4, -0.2) is 15.6 Å². The summed E-state index contributed by atoms with van der Waals surface area (Å²) >= 11 is 0. The molecule has 2 aromatic carbocycles. The maximum absolute atomic E-state index is 12.8. The van der Waals surface area contributed by atoms with Crippen molar-refractivity contribution in [3.8, 4) is 0 Å². The van der Waals surface area contributed by atoms with E-state index in [1.54, 1.807) is 4.57 Å². The number of cyclic esters (lactones) is 1. The average Bonchev–Trinajstić information content (AvgIpc) is 3.21. The molecule has 1 aliphatic heterocycles. The highest BCUT2D eigenvalue weighted by atomic mass is 16.6. The van der Waals surface area contributed by atoms with Crippen LogP contribution in [-0.2, 0) is 10.3 Å². The molecule has 130 valence electrons. The number of aromatic nitrogens is 2. The molecule has 3 heterocycles. The summed E-state index contributed by atoms with van der Waals surface area (Å²) in [5.41, 5.74) is 4.64. The number of rotatable bonds is 2. The number of ether oxygens (including phenoxy) is 1. The minimum atomic E-state index is -0.619. The number of para-hydroxylation sites is 2. The Morgan fingerprint density at radius 3 is 2.77 bits per heavy atom. The normalized spacial score (nSPS) is 16.8. The lowest BCUT2D eigenvalue weighted by Crippen LogP contribution is -2.34. The number of carbonyl (C=O) groups is 1. The van der Waals surface area contributed by atoms with Crippen molar-refractivity contribution < 1.29 is 9.53 Å². The van der Waals surface area contributed by atoms with Gasteiger partial charge >= 0.3 is 6.09 Å². The van der Waals surface area contributed by atoms with Crippen LogP contribution in [0, 0.1) is 0 Å². The smallest absolute Gasteiger partial charge is 0.419 e. The second-order valence-electron chi connectivity index (χ2n) is 7.54. The summed E-state index contributed by atoms with van der Waals surface area (Å²) in [4.78, 5) is 16.2. The quantitative estimate of drug-likeness (QED) is 0.521. The van der Waals surface area contributed by atoms with E-state index in [9.17, 15) is 4.79 Å². The monoisotopic (exact) mass is 344 g/mol. The van der Waals surface area contributed by atoms with E-state index in [2.05, 4.69) is 36.2 Å². The third-order valence-electron chi connectivity index (χ3n) is 5.56. The lowest BCUT2D eigenvalue weighted by atomic mass is 9.95. The van der Waals surface area contributed by atoms with Gasteiger partial charge in [-0.3, -0.25) is 0 Å². The first-order chi connectivity index (χ1) is 12.5. The molecule has 2 aromatic heterocycles. The first-order valence-electron chi connectivity index (χ1n) is 8.91. The molecular weight excluding hydrogens is 324 g/mol. The van der Waals surface area contributed by atoms with Crippen molar-refractivity contribution in [1.82, 2.24) is 9.55 Å². The Balaban J connectivity index is 1.78. The van der Waals surface area contributed by atoms with E-state index in [0.717, 1.165) is 27.7 Å². The molecule has 0 amide bonds. The Morgan fingerprint density at radius 1 is 1.12 bits per heavy atom. The number of nitrogens with one attached hydrogen (secondary N) is 1. The van der Waals surface area contributed by atoms with Crippen LogP contribution < -0.4 is 0 Å². The van der Waals surface area contributed by atoms with Crippen molar-refractivity contribution in [3.05, 3.63) is 71.5 Å². The molecule has 1 atom stereocenters. The largest absolute Gasteiger partial charge is 0.438 e. The third kappa shape index (κ3) is 1.93. The Bertz CT molecular complexity index is 1180. The summed E-state index contributed by atoms with van der Waals surface area (Å²) in [6.07, 6.45) is 1.74. The predicted octanol–water partition coefficient (Wildman–Crippen LogP) is 5.51. The molecule has 1 aliphatic rings. The van der Waals surface area contributed by atoms with Gasteiger partial charge in [0.25, 0.3) is 0 Å². The highest BCUT2D eigenvalue weighted by Gasteiger charge is 2.37. The maximum Gasteiger partial charge on any atom is 0.419 e. The molecule has 0 aliphatic carbocycles. The van der Waals surface area contributed by atoms with Gasteiger partial charge in [-0.2, -0.15) is 0 Å². The number of nitrogens with zero attached hydrogens (tertiary/aromatic N) is 1. The van der Waals surface area contributed by atoms with Gasteiger partial charge in [0.1, 0.15) is 5.60 Å². The van der Waals surface area contributed by atoms with E-state index in [1.165, 1.54) is 10.9 Å². The minimum Gasteiger partial charge on any atom is -0.438 e. The van der Waals surface area contributed by atoms with Crippen LogP contribution in [0.25, 0.3) is 21.8 Å². The fourth-order valence-electron chi connectivity index (χ4n) is 4.21. The second kappa shape index (κ2) is 5.01. The fraction of sp³-hybridized carbons (Fsp3) is 0.227. The van der Waals surface area contributed by atoms with Gasteiger partial charge < -0.3 is 9.72 Å². The lowest BCUT2D eigenvalue weighted by Gasteiger charge is -2.32. The van der Waals surface area contributed by atoms with E-state index in [0.29, 0.717) is 0 Å². The Hall–Kier alpha value is -3.01. The molecular formula is C22H20N2O2. The molecule has 4 aromatic rings. The third-order valence-corrected chi connectivity index (χ3v) is 5.56. The summed E-state index contributed by atoms with van der Waals surface area (Å²) < 4.78 is 7.51. The Morgan fingerprint density at radius 2 is 1.92 bits per heavy atom. The van der Waals surface area contributed by atoms with Crippen LogP contribution in [0.4, 0.5) is 4.79 Å². The van der Waals surface area contributed by atoms with E-state index in [-0.39, 0.29) is 12.0 Å². The summed E-state index contributed by atoms with van der Waals surface area (Å²) in [7, 11) is 0. The van der Waals surface area contributed by atoms with Crippen LogP contribution >= 0.6 is 0 Å². The molecule has 1 unspecified atom stereocenters.